The Hall–Kier alpha value is -2.87. The fraction of sp³-hybridized carbons (Fsp3) is 0.312. The summed E-state index contributed by atoms with van der Waals surface area (Å²) in [7, 11) is 0. The van der Waals surface area contributed by atoms with E-state index in [2.05, 4.69) is 15.3 Å². The van der Waals surface area contributed by atoms with Crippen molar-refractivity contribution in [2.24, 2.45) is 5.84 Å². The number of benzene rings is 1. The first kappa shape index (κ1) is 16.0. The third-order valence-corrected chi connectivity index (χ3v) is 4.22. The van der Waals surface area contributed by atoms with Gasteiger partial charge in [0, 0.05) is 23.5 Å². The summed E-state index contributed by atoms with van der Waals surface area (Å²) in [5, 5.41) is 12.1. The SMILES string of the molecule is N=Cc1cc(N(N)c2nc(NC3CCCC3)ncc2N)ccc1N. The lowest BCUT2D eigenvalue weighted by Crippen LogP contribution is -2.28. The summed E-state index contributed by atoms with van der Waals surface area (Å²) >= 11 is 0. The van der Waals surface area contributed by atoms with E-state index in [0.29, 0.717) is 40.4 Å². The minimum absolute atomic E-state index is 0.378. The zero-order chi connectivity index (χ0) is 17.1. The highest BCUT2D eigenvalue weighted by molar-refractivity contribution is 5.87. The maximum Gasteiger partial charge on any atom is 0.225 e. The van der Waals surface area contributed by atoms with Gasteiger partial charge < -0.3 is 22.2 Å². The summed E-state index contributed by atoms with van der Waals surface area (Å²) in [5.74, 6) is 7.11. The number of nitrogens with one attached hydrogen (secondary N) is 2. The number of nitrogen functional groups attached to an aromatic ring is 2. The van der Waals surface area contributed by atoms with Crippen LogP contribution in [0.3, 0.4) is 0 Å². The highest BCUT2D eigenvalue weighted by Gasteiger charge is 2.18. The van der Waals surface area contributed by atoms with Crippen LogP contribution in [0.5, 0.6) is 0 Å². The summed E-state index contributed by atoms with van der Waals surface area (Å²) in [6.07, 6.45) is 7.42. The molecule has 126 valence electrons. The van der Waals surface area contributed by atoms with Crippen LogP contribution in [0.25, 0.3) is 0 Å². The van der Waals surface area contributed by atoms with E-state index < -0.39 is 0 Å². The van der Waals surface area contributed by atoms with Crippen molar-refractivity contribution in [1.29, 1.82) is 5.41 Å². The van der Waals surface area contributed by atoms with Crippen molar-refractivity contribution < 1.29 is 0 Å². The van der Waals surface area contributed by atoms with Crippen molar-refractivity contribution in [3.05, 3.63) is 30.0 Å². The molecular formula is C16H22N8. The zero-order valence-corrected chi connectivity index (χ0v) is 13.4. The van der Waals surface area contributed by atoms with Gasteiger partial charge in [0.15, 0.2) is 5.82 Å². The second-order valence-electron chi connectivity index (χ2n) is 5.93. The van der Waals surface area contributed by atoms with Crippen molar-refractivity contribution in [1.82, 2.24) is 9.97 Å². The summed E-state index contributed by atoms with van der Waals surface area (Å²) < 4.78 is 0. The molecule has 1 aliphatic carbocycles. The molecule has 0 radical (unpaired) electrons. The molecule has 0 saturated heterocycles. The van der Waals surface area contributed by atoms with Gasteiger partial charge in [0.2, 0.25) is 5.95 Å². The van der Waals surface area contributed by atoms with Crippen molar-refractivity contribution >= 4 is 35.0 Å². The average molecular weight is 326 g/mol. The molecule has 24 heavy (non-hydrogen) atoms. The predicted octanol–water partition coefficient (Wildman–Crippen LogP) is 2.00. The predicted molar refractivity (Wildman–Crippen MR) is 97.4 cm³/mol. The van der Waals surface area contributed by atoms with Gasteiger partial charge in [-0.2, -0.15) is 4.98 Å². The summed E-state index contributed by atoms with van der Waals surface area (Å²) in [4.78, 5) is 8.70. The molecule has 0 aliphatic heterocycles. The molecule has 2 aromatic rings. The standard InChI is InChI=1S/C16H22N8/c17-8-10-7-12(5-6-13(10)18)24(20)15-14(19)9-21-16(23-15)22-11-3-1-2-4-11/h5-9,11,17H,1-4,18-20H2,(H,21,22,23). The van der Waals surface area contributed by atoms with E-state index in [1.165, 1.54) is 24.1 Å². The van der Waals surface area contributed by atoms with Gasteiger partial charge in [-0.15, -0.1) is 0 Å². The van der Waals surface area contributed by atoms with Crippen molar-refractivity contribution in [3.63, 3.8) is 0 Å². The Labute approximate surface area is 140 Å². The normalized spacial score (nSPS) is 14.5. The molecular weight excluding hydrogens is 304 g/mol. The summed E-state index contributed by atoms with van der Waals surface area (Å²) in [5.41, 5.74) is 13.9. The van der Waals surface area contributed by atoms with Crippen LogP contribution in [-0.2, 0) is 0 Å². The number of hydrogen-bond donors (Lipinski definition) is 5. The van der Waals surface area contributed by atoms with Gasteiger partial charge in [-0.1, -0.05) is 12.8 Å². The van der Waals surface area contributed by atoms with E-state index in [1.807, 2.05) is 0 Å². The second kappa shape index (κ2) is 6.71. The van der Waals surface area contributed by atoms with E-state index in [0.717, 1.165) is 12.8 Å². The molecule has 0 amide bonds. The van der Waals surface area contributed by atoms with Crippen LogP contribution >= 0.6 is 0 Å². The zero-order valence-electron chi connectivity index (χ0n) is 13.4. The molecule has 8 N–H and O–H groups in total. The molecule has 1 heterocycles. The topological polar surface area (TPSA) is 143 Å². The van der Waals surface area contributed by atoms with Crippen LogP contribution < -0.4 is 27.6 Å². The Morgan fingerprint density at radius 1 is 1.21 bits per heavy atom. The largest absolute Gasteiger partial charge is 0.398 e. The lowest BCUT2D eigenvalue weighted by molar-refractivity contribution is 0.743. The smallest absolute Gasteiger partial charge is 0.225 e. The van der Waals surface area contributed by atoms with Gasteiger partial charge in [0.25, 0.3) is 0 Å². The molecule has 0 unspecified atom stereocenters. The molecule has 8 heteroatoms. The van der Waals surface area contributed by atoms with Gasteiger partial charge in [0.1, 0.15) is 0 Å². The van der Waals surface area contributed by atoms with Crippen molar-refractivity contribution in [3.8, 4) is 0 Å². The lowest BCUT2D eigenvalue weighted by Gasteiger charge is -2.21. The van der Waals surface area contributed by atoms with Gasteiger partial charge in [-0.25, -0.2) is 10.8 Å². The number of nitrogens with two attached hydrogens (primary N) is 3. The quantitative estimate of drug-likeness (QED) is 0.245. The van der Waals surface area contributed by atoms with E-state index in [9.17, 15) is 0 Å². The fourth-order valence-corrected chi connectivity index (χ4v) is 2.86. The first-order valence-corrected chi connectivity index (χ1v) is 7.92. The molecule has 0 spiro atoms. The van der Waals surface area contributed by atoms with E-state index >= 15 is 0 Å². The third kappa shape index (κ3) is 3.23. The van der Waals surface area contributed by atoms with Crippen LogP contribution in [0.15, 0.2) is 24.4 Å². The summed E-state index contributed by atoms with van der Waals surface area (Å²) in [6.45, 7) is 0. The number of hydrazine groups is 1. The minimum atomic E-state index is 0.378. The molecule has 8 nitrogen and oxygen atoms in total. The van der Waals surface area contributed by atoms with Gasteiger partial charge in [-0.3, -0.25) is 5.01 Å². The van der Waals surface area contributed by atoms with Gasteiger partial charge in [0.05, 0.1) is 17.6 Å². The van der Waals surface area contributed by atoms with Crippen LogP contribution in [-0.4, -0.2) is 22.2 Å². The molecule has 1 aliphatic rings. The van der Waals surface area contributed by atoms with E-state index in [-0.39, 0.29) is 0 Å². The van der Waals surface area contributed by atoms with E-state index in [1.54, 1.807) is 24.4 Å². The Morgan fingerprint density at radius 3 is 2.67 bits per heavy atom. The van der Waals surface area contributed by atoms with Crippen LogP contribution in [0.4, 0.5) is 28.8 Å². The van der Waals surface area contributed by atoms with Crippen LogP contribution in [0.1, 0.15) is 31.2 Å². The maximum atomic E-state index is 7.40. The molecule has 1 aromatic heterocycles. The molecule has 1 saturated carbocycles. The van der Waals surface area contributed by atoms with Gasteiger partial charge in [-0.05, 0) is 31.0 Å². The van der Waals surface area contributed by atoms with Gasteiger partial charge >= 0.3 is 0 Å². The first-order chi connectivity index (χ1) is 11.6. The van der Waals surface area contributed by atoms with E-state index in [4.69, 9.17) is 22.7 Å². The molecule has 1 aromatic carbocycles. The Kier molecular flexibility index (Phi) is 4.48. The number of anilines is 5. The number of nitrogens with zero attached hydrogens (tertiary/aromatic N) is 3. The fourth-order valence-electron chi connectivity index (χ4n) is 2.86. The Balaban J connectivity index is 1.88. The highest BCUT2D eigenvalue weighted by Crippen LogP contribution is 2.28. The Morgan fingerprint density at radius 2 is 1.96 bits per heavy atom. The highest BCUT2D eigenvalue weighted by atomic mass is 15.4. The first-order valence-electron chi connectivity index (χ1n) is 7.92. The van der Waals surface area contributed by atoms with Crippen LogP contribution in [0.2, 0.25) is 0 Å². The maximum absolute atomic E-state index is 7.40. The molecule has 3 rings (SSSR count). The Bertz CT molecular complexity index is 739. The minimum Gasteiger partial charge on any atom is -0.398 e. The third-order valence-electron chi connectivity index (χ3n) is 4.22. The molecule has 0 atom stereocenters. The lowest BCUT2D eigenvalue weighted by atomic mass is 10.1. The van der Waals surface area contributed by atoms with Crippen molar-refractivity contribution in [2.75, 3.05) is 21.8 Å². The second-order valence-corrected chi connectivity index (χ2v) is 5.93. The summed E-state index contributed by atoms with van der Waals surface area (Å²) in [6, 6.07) is 5.57. The van der Waals surface area contributed by atoms with Crippen molar-refractivity contribution in [2.45, 2.75) is 31.7 Å². The molecule has 1 fully saturated rings. The number of aromatic nitrogens is 2. The number of rotatable bonds is 5. The molecule has 0 bridgehead atoms. The van der Waals surface area contributed by atoms with Crippen LogP contribution in [0, 0.1) is 5.41 Å². The monoisotopic (exact) mass is 326 g/mol. The average Bonchev–Trinajstić information content (AvgIpc) is 3.09. The number of hydrogen-bond acceptors (Lipinski definition) is 8.